The molecule has 19 heavy (non-hydrogen) atoms. The van der Waals surface area contributed by atoms with Crippen molar-refractivity contribution in [2.45, 2.75) is 6.42 Å². The van der Waals surface area contributed by atoms with Gasteiger partial charge in [-0.2, -0.15) is 0 Å². The van der Waals surface area contributed by atoms with E-state index >= 15 is 0 Å². The van der Waals surface area contributed by atoms with Gasteiger partial charge in [0, 0.05) is 5.56 Å². The highest BCUT2D eigenvalue weighted by Gasteiger charge is 2.06. The summed E-state index contributed by atoms with van der Waals surface area (Å²) < 4.78 is 0.649. The number of nitrogens with zero attached hydrogens (tertiary/aromatic N) is 1. The summed E-state index contributed by atoms with van der Waals surface area (Å²) in [6.45, 7) is 0. The molecule has 2 aromatic carbocycles. The van der Waals surface area contributed by atoms with Gasteiger partial charge in [-0.3, -0.25) is 4.79 Å². The Kier molecular flexibility index (Phi) is 4.08. The molecule has 0 unspecified atom stereocenters. The number of benzene rings is 2. The molecule has 0 saturated heterocycles. The second kappa shape index (κ2) is 5.96. The topological polar surface area (TPSA) is 43.1 Å². The number of hydrogen-bond donors (Lipinski definition) is 0. The van der Waals surface area contributed by atoms with Crippen LogP contribution >= 0.6 is 0 Å². The van der Waals surface area contributed by atoms with Gasteiger partial charge in [0.1, 0.15) is 7.05 Å². The van der Waals surface area contributed by atoms with E-state index in [4.69, 9.17) is 0 Å². The maximum Gasteiger partial charge on any atom is 0.172 e. The first-order valence-electron chi connectivity index (χ1n) is 6.09. The van der Waals surface area contributed by atoms with E-state index in [0.717, 1.165) is 11.1 Å². The molecule has 0 aliphatic heterocycles. The van der Waals surface area contributed by atoms with Crippen molar-refractivity contribution in [2.75, 3.05) is 7.05 Å². The first-order chi connectivity index (χ1) is 9.16. The average Bonchev–Trinajstić information content (AvgIpc) is 2.46. The van der Waals surface area contributed by atoms with Crippen molar-refractivity contribution >= 4 is 12.0 Å². The second-order valence-corrected chi connectivity index (χ2v) is 4.30. The third-order valence-corrected chi connectivity index (χ3v) is 2.85. The molecule has 0 atom stereocenters. The molecule has 0 aliphatic carbocycles. The van der Waals surface area contributed by atoms with Gasteiger partial charge in [-0.25, -0.2) is 4.74 Å². The standard InChI is InChI=1S/C16H15NO2/c1-17(19)12-11-16(18)15-9-7-14(8-10-15)13-5-3-2-4-6-13/h2-10,12H,11H2,1H3/b17-12-. The van der Waals surface area contributed by atoms with Crippen LogP contribution in [-0.2, 0) is 0 Å². The van der Waals surface area contributed by atoms with Crippen LogP contribution < -0.4 is 0 Å². The monoisotopic (exact) mass is 253 g/mol. The van der Waals surface area contributed by atoms with E-state index in [1.807, 2.05) is 42.5 Å². The lowest BCUT2D eigenvalue weighted by molar-refractivity contribution is -0.418. The van der Waals surface area contributed by atoms with Gasteiger partial charge in [-0.05, 0) is 11.1 Å². The van der Waals surface area contributed by atoms with Crippen molar-refractivity contribution in [3.8, 4) is 11.1 Å². The maximum absolute atomic E-state index is 11.8. The first kappa shape index (κ1) is 13.0. The molecule has 0 N–H and O–H groups in total. The molecule has 0 fully saturated rings. The fourth-order valence-electron chi connectivity index (χ4n) is 1.81. The normalized spacial score (nSPS) is 11.3. The van der Waals surface area contributed by atoms with E-state index in [1.165, 1.54) is 13.3 Å². The highest BCUT2D eigenvalue weighted by atomic mass is 16.5. The molecule has 0 aromatic heterocycles. The number of rotatable bonds is 4. The number of carbonyl (C=O) groups excluding carboxylic acids is 1. The minimum absolute atomic E-state index is 0.0534. The zero-order chi connectivity index (χ0) is 13.7. The van der Waals surface area contributed by atoms with Gasteiger partial charge < -0.3 is 5.21 Å². The van der Waals surface area contributed by atoms with Crippen LogP contribution in [0, 0.1) is 5.21 Å². The first-order valence-corrected chi connectivity index (χ1v) is 6.09. The highest BCUT2D eigenvalue weighted by molar-refractivity contribution is 6.03. The molecule has 0 radical (unpaired) electrons. The fourth-order valence-corrected chi connectivity index (χ4v) is 1.81. The van der Waals surface area contributed by atoms with Crippen LogP contribution in [0.3, 0.4) is 0 Å². The maximum atomic E-state index is 11.8. The van der Waals surface area contributed by atoms with Crippen LogP contribution in [0.5, 0.6) is 0 Å². The van der Waals surface area contributed by atoms with Gasteiger partial charge in [0.25, 0.3) is 0 Å². The van der Waals surface area contributed by atoms with E-state index in [1.54, 1.807) is 12.1 Å². The molecule has 2 rings (SSSR count). The predicted molar refractivity (Wildman–Crippen MR) is 76.4 cm³/mol. The number of hydrogen-bond acceptors (Lipinski definition) is 2. The predicted octanol–water partition coefficient (Wildman–Crippen LogP) is 3.14. The Morgan fingerprint density at radius 3 is 2.21 bits per heavy atom. The lowest BCUT2D eigenvalue weighted by atomic mass is 10.0. The molecule has 0 amide bonds. The Labute approximate surface area is 112 Å². The molecule has 96 valence electrons. The Balaban J connectivity index is 2.15. The molecule has 0 saturated carbocycles. The zero-order valence-electron chi connectivity index (χ0n) is 10.7. The van der Waals surface area contributed by atoms with Crippen molar-refractivity contribution in [3.63, 3.8) is 0 Å². The van der Waals surface area contributed by atoms with Crippen LogP contribution in [0.2, 0.25) is 0 Å². The SMILES string of the molecule is C/[N+]([O-])=C/CC(=O)c1ccc(-c2ccccc2)cc1. The summed E-state index contributed by atoms with van der Waals surface area (Å²) in [7, 11) is 1.37. The number of hydroxylamine groups is 1. The van der Waals surface area contributed by atoms with Crippen molar-refractivity contribution in [3.05, 3.63) is 65.4 Å². The van der Waals surface area contributed by atoms with Gasteiger partial charge in [0.05, 0.1) is 6.42 Å². The number of carbonyl (C=O) groups is 1. The molecular formula is C16H15NO2. The Morgan fingerprint density at radius 2 is 1.63 bits per heavy atom. The third kappa shape index (κ3) is 3.52. The van der Waals surface area contributed by atoms with Gasteiger partial charge in [0.2, 0.25) is 0 Å². The van der Waals surface area contributed by atoms with E-state index in [9.17, 15) is 10.0 Å². The van der Waals surface area contributed by atoms with Crippen molar-refractivity contribution in [1.29, 1.82) is 0 Å². The average molecular weight is 253 g/mol. The zero-order valence-corrected chi connectivity index (χ0v) is 10.7. The minimum atomic E-state index is -0.0534. The van der Waals surface area contributed by atoms with E-state index in [2.05, 4.69) is 0 Å². The summed E-state index contributed by atoms with van der Waals surface area (Å²) in [5.74, 6) is -0.0534. The number of ketones is 1. The lowest BCUT2D eigenvalue weighted by Gasteiger charge is -2.03. The van der Waals surface area contributed by atoms with Gasteiger partial charge in [-0.1, -0.05) is 54.6 Å². The minimum Gasteiger partial charge on any atom is -0.624 e. The Morgan fingerprint density at radius 1 is 1.05 bits per heavy atom. The smallest absolute Gasteiger partial charge is 0.172 e. The van der Waals surface area contributed by atoms with Crippen LogP contribution in [0.15, 0.2) is 54.6 Å². The van der Waals surface area contributed by atoms with Crippen molar-refractivity contribution in [1.82, 2.24) is 0 Å². The molecular weight excluding hydrogens is 238 g/mol. The lowest BCUT2D eigenvalue weighted by Crippen LogP contribution is -2.04. The quantitative estimate of drug-likeness (QED) is 0.276. The Hall–Kier alpha value is -2.42. The van der Waals surface area contributed by atoms with Gasteiger partial charge in [0.15, 0.2) is 12.0 Å². The van der Waals surface area contributed by atoms with Crippen LogP contribution in [0.25, 0.3) is 11.1 Å². The molecule has 0 heterocycles. The van der Waals surface area contributed by atoms with Crippen molar-refractivity contribution in [2.24, 2.45) is 0 Å². The summed E-state index contributed by atoms with van der Waals surface area (Å²) in [5, 5.41) is 10.7. The molecule has 3 nitrogen and oxygen atoms in total. The largest absolute Gasteiger partial charge is 0.624 e. The van der Waals surface area contributed by atoms with Crippen molar-refractivity contribution < 1.29 is 9.53 Å². The molecule has 2 aromatic rings. The highest BCUT2D eigenvalue weighted by Crippen LogP contribution is 2.19. The molecule has 0 bridgehead atoms. The second-order valence-electron chi connectivity index (χ2n) is 4.30. The summed E-state index contributed by atoms with van der Waals surface area (Å²) in [6.07, 6.45) is 1.46. The van der Waals surface area contributed by atoms with Crippen LogP contribution in [0.1, 0.15) is 16.8 Å². The van der Waals surface area contributed by atoms with E-state index in [0.29, 0.717) is 10.3 Å². The van der Waals surface area contributed by atoms with Gasteiger partial charge in [-0.15, -0.1) is 0 Å². The molecule has 3 heteroatoms. The molecule has 0 spiro atoms. The summed E-state index contributed by atoms with van der Waals surface area (Å²) in [6, 6.07) is 17.4. The van der Waals surface area contributed by atoms with E-state index in [-0.39, 0.29) is 12.2 Å². The third-order valence-electron chi connectivity index (χ3n) is 2.85. The number of Topliss-reactive ketones (excluding diaryl/α,β-unsaturated/α-hetero) is 1. The van der Waals surface area contributed by atoms with Crippen LogP contribution in [-0.4, -0.2) is 23.8 Å². The fraction of sp³-hybridized carbons (Fsp3) is 0.125. The van der Waals surface area contributed by atoms with Gasteiger partial charge >= 0.3 is 0 Å². The van der Waals surface area contributed by atoms with Crippen LogP contribution in [0.4, 0.5) is 0 Å². The van der Waals surface area contributed by atoms with E-state index < -0.39 is 0 Å². The Bertz CT molecular complexity index is 582. The summed E-state index contributed by atoms with van der Waals surface area (Å²) >= 11 is 0. The summed E-state index contributed by atoms with van der Waals surface area (Å²) in [4.78, 5) is 11.8. The summed E-state index contributed by atoms with van der Waals surface area (Å²) in [5.41, 5.74) is 2.81. The molecule has 0 aliphatic rings.